The molecule has 0 aromatic carbocycles. The number of fused-ring (bicyclic) bond motifs is 1. The predicted molar refractivity (Wildman–Crippen MR) is 50.6 cm³/mol. The van der Waals surface area contributed by atoms with Crippen molar-refractivity contribution in [2.45, 2.75) is 6.92 Å². The predicted octanol–water partition coefficient (Wildman–Crippen LogP) is 0.612. The Balaban J connectivity index is 2.52. The van der Waals surface area contributed by atoms with E-state index < -0.39 is 5.97 Å². The fourth-order valence-corrected chi connectivity index (χ4v) is 1.22. The molecule has 0 unspecified atom stereocenters. The molecule has 0 saturated heterocycles. The lowest BCUT2D eigenvalue weighted by Gasteiger charge is -2.04. The molecule has 0 atom stereocenters. The molecule has 0 spiro atoms. The number of nitrogens with zero attached hydrogens (tertiary/aromatic N) is 3. The van der Waals surface area contributed by atoms with E-state index >= 15 is 0 Å². The molecule has 78 valence electrons. The summed E-state index contributed by atoms with van der Waals surface area (Å²) in [5.41, 5.74) is 0.260. The SMILES string of the molecule is CCOC(=O)c1cnn2ccnc2c1O. The maximum Gasteiger partial charge on any atom is 0.343 e. The van der Waals surface area contributed by atoms with Crippen molar-refractivity contribution in [2.24, 2.45) is 0 Å². The summed E-state index contributed by atoms with van der Waals surface area (Å²) >= 11 is 0. The number of ether oxygens (including phenoxy) is 1. The number of hydrogen-bond donors (Lipinski definition) is 1. The highest BCUT2D eigenvalue weighted by Crippen LogP contribution is 2.21. The summed E-state index contributed by atoms with van der Waals surface area (Å²) in [7, 11) is 0. The van der Waals surface area contributed by atoms with Gasteiger partial charge in [-0.15, -0.1) is 0 Å². The third-order valence-corrected chi connectivity index (χ3v) is 1.90. The molecule has 2 aromatic heterocycles. The monoisotopic (exact) mass is 207 g/mol. The molecule has 6 heteroatoms. The van der Waals surface area contributed by atoms with Crippen molar-refractivity contribution >= 4 is 11.6 Å². The van der Waals surface area contributed by atoms with Crippen molar-refractivity contribution in [1.82, 2.24) is 14.6 Å². The summed E-state index contributed by atoms with van der Waals surface area (Å²) in [5.74, 6) is -0.818. The van der Waals surface area contributed by atoms with E-state index in [-0.39, 0.29) is 23.6 Å². The Morgan fingerprint density at radius 2 is 2.47 bits per heavy atom. The highest BCUT2D eigenvalue weighted by atomic mass is 16.5. The molecule has 0 bridgehead atoms. The van der Waals surface area contributed by atoms with Crippen molar-refractivity contribution in [1.29, 1.82) is 0 Å². The molecular weight excluding hydrogens is 198 g/mol. The molecule has 15 heavy (non-hydrogen) atoms. The van der Waals surface area contributed by atoms with Crippen LogP contribution < -0.4 is 0 Å². The first-order valence-electron chi connectivity index (χ1n) is 4.42. The lowest BCUT2D eigenvalue weighted by Crippen LogP contribution is -2.07. The third-order valence-electron chi connectivity index (χ3n) is 1.90. The fourth-order valence-electron chi connectivity index (χ4n) is 1.22. The van der Waals surface area contributed by atoms with E-state index in [2.05, 4.69) is 10.1 Å². The lowest BCUT2D eigenvalue weighted by atomic mass is 10.3. The zero-order chi connectivity index (χ0) is 10.8. The van der Waals surface area contributed by atoms with Crippen LogP contribution in [0.5, 0.6) is 5.75 Å². The summed E-state index contributed by atoms with van der Waals surface area (Å²) < 4.78 is 6.13. The minimum Gasteiger partial charge on any atom is -0.504 e. The van der Waals surface area contributed by atoms with Gasteiger partial charge < -0.3 is 9.84 Å². The van der Waals surface area contributed by atoms with Crippen LogP contribution in [0.4, 0.5) is 0 Å². The smallest absolute Gasteiger partial charge is 0.343 e. The minimum absolute atomic E-state index is 0.0237. The molecule has 2 rings (SSSR count). The summed E-state index contributed by atoms with van der Waals surface area (Å²) in [5, 5.41) is 13.6. The number of hydrogen-bond acceptors (Lipinski definition) is 5. The van der Waals surface area contributed by atoms with Gasteiger partial charge in [-0.1, -0.05) is 0 Å². The molecular formula is C9H9N3O3. The van der Waals surface area contributed by atoms with Crippen LogP contribution in [0.1, 0.15) is 17.3 Å². The molecule has 0 radical (unpaired) electrons. The zero-order valence-corrected chi connectivity index (χ0v) is 8.04. The van der Waals surface area contributed by atoms with E-state index in [1.165, 1.54) is 16.9 Å². The van der Waals surface area contributed by atoms with Crippen molar-refractivity contribution in [3.05, 3.63) is 24.2 Å². The van der Waals surface area contributed by atoms with E-state index in [1.54, 1.807) is 13.1 Å². The van der Waals surface area contributed by atoms with Crippen LogP contribution >= 0.6 is 0 Å². The number of aromatic hydroxyl groups is 1. The fraction of sp³-hybridized carbons (Fsp3) is 0.222. The largest absolute Gasteiger partial charge is 0.504 e. The second-order valence-corrected chi connectivity index (χ2v) is 2.82. The standard InChI is InChI=1S/C9H9N3O3/c1-2-15-9(14)6-5-11-12-4-3-10-8(12)7(6)13/h3-5,13H,2H2,1H3. The molecule has 0 aliphatic carbocycles. The van der Waals surface area contributed by atoms with Gasteiger partial charge in [-0.25, -0.2) is 14.3 Å². The average molecular weight is 207 g/mol. The summed E-state index contributed by atoms with van der Waals surface area (Å²) in [6.45, 7) is 1.94. The van der Waals surface area contributed by atoms with Crippen molar-refractivity contribution in [3.63, 3.8) is 0 Å². The van der Waals surface area contributed by atoms with Crippen LogP contribution in [0.3, 0.4) is 0 Å². The van der Waals surface area contributed by atoms with E-state index in [0.29, 0.717) is 0 Å². The summed E-state index contributed by atoms with van der Waals surface area (Å²) in [6, 6.07) is 0. The van der Waals surface area contributed by atoms with Gasteiger partial charge in [0.05, 0.1) is 12.8 Å². The van der Waals surface area contributed by atoms with Crippen molar-refractivity contribution in [3.8, 4) is 5.75 Å². The van der Waals surface area contributed by atoms with Crippen LogP contribution in [0, 0.1) is 0 Å². The second kappa shape index (κ2) is 3.56. The highest BCUT2D eigenvalue weighted by molar-refractivity contribution is 5.94. The van der Waals surface area contributed by atoms with Gasteiger partial charge in [0.25, 0.3) is 0 Å². The van der Waals surface area contributed by atoms with Gasteiger partial charge >= 0.3 is 5.97 Å². The molecule has 0 amide bonds. The first kappa shape index (κ1) is 9.45. The molecule has 0 aliphatic rings. The van der Waals surface area contributed by atoms with Gasteiger partial charge in [-0.3, -0.25) is 0 Å². The van der Waals surface area contributed by atoms with Gasteiger partial charge in [0.15, 0.2) is 11.4 Å². The Morgan fingerprint density at radius 1 is 1.67 bits per heavy atom. The van der Waals surface area contributed by atoms with Crippen molar-refractivity contribution < 1.29 is 14.6 Å². The van der Waals surface area contributed by atoms with E-state index in [4.69, 9.17) is 4.74 Å². The van der Waals surface area contributed by atoms with Crippen LogP contribution in [0.25, 0.3) is 5.65 Å². The summed E-state index contributed by atoms with van der Waals surface area (Å²) in [6.07, 6.45) is 4.31. The second-order valence-electron chi connectivity index (χ2n) is 2.82. The third kappa shape index (κ3) is 1.50. The molecule has 6 nitrogen and oxygen atoms in total. The molecule has 0 aliphatic heterocycles. The number of imidazole rings is 1. The number of esters is 1. The first-order chi connectivity index (χ1) is 7.24. The first-order valence-corrected chi connectivity index (χ1v) is 4.42. The Labute approximate surface area is 85.1 Å². The van der Waals surface area contributed by atoms with Crippen molar-refractivity contribution in [2.75, 3.05) is 6.61 Å². The van der Waals surface area contributed by atoms with Crippen LogP contribution in [0.2, 0.25) is 0 Å². The van der Waals surface area contributed by atoms with Gasteiger partial charge in [0, 0.05) is 12.4 Å². The molecule has 1 N–H and O–H groups in total. The maximum absolute atomic E-state index is 11.4. The normalized spacial score (nSPS) is 10.5. The molecule has 0 fully saturated rings. The van der Waals surface area contributed by atoms with E-state index in [1.807, 2.05) is 0 Å². The molecule has 0 saturated carbocycles. The van der Waals surface area contributed by atoms with Crippen LogP contribution in [0.15, 0.2) is 18.6 Å². The topological polar surface area (TPSA) is 76.7 Å². The molecule has 2 aromatic rings. The zero-order valence-electron chi connectivity index (χ0n) is 8.04. The number of carbonyl (C=O) groups is 1. The number of aromatic nitrogens is 3. The van der Waals surface area contributed by atoms with E-state index in [9.17, 15) is 9.90 Å². The van der Waals surface area contributed by atoms with E-state index in [0.717, 1.165) is 0 Å². The number of carbonyl (C=O) groups excluding carboxylic acids is 1. The molecule has 2 heterocycles. The Bertz CT molecular complexity index is 506. The Morgan fingerprint density at radius 3 is 3.20 bits per heavy atom. The Hall–Kier alpha value is -2.11. The number of rotatable bonds is 2. The average Bonchev–Trinajstić information content (AvgIpc) is 2.67. The Kier molecular flexibility index (Phi) is 2.24. The quantitative estimate of drug-likeness (QED) is 0.730. The van der Waals surface area contributed by atoms with Gasteiger partial charge in [-0.2, -0.15) is 5.10 Å². The van der Waals surface area contributed by atoms with Gasteiger partial charge in [-0.05, 0) is 6.92 Å². The maximum atomic E-state index is 11.4. The van der Waals surface area contributed by atoms with Crippen LogP contribution in [-0.4, -0.2) is 32.3 Å². The van der Waals surface area contributed by atoms with Gasteiger partial charge in [0.2, 0.25) is 0 Å². The van der Waals surface area contributed by atoms with Crippen LogP contribution in [-0.2, 0) is 4.74 Å². The highest BCUT2D eigenvalue weighted by Gasteiger charge is 2.16. The minimum atomic E-state index is -0.604. The summed E-state index contributed by atoms with van der Waals surface area (Å²) in [4.78, 5) is 15.2. The van der Waals surface area contributed by atoms with Gasteiger partial charge in [0.1, 0.15) is 5.56 Å². The lowest BCUT2D eigenvalue weighted by molar-refractivity contribution is 0.0522.